The van der Waals surface area contributed by atoms with Gasteiger partial charge >= 0.3 is 0 Å². The number of hydrogen-bond donors (Lipinski definition) is 1. The Labute approximate surface area is 219 Å². The molecule has 0 saturated heterocycles. The van der Waals surface area contributed by atoms with Gasteiger partial charge < -0.3 is 10.2 Å². The SMILES string of the molecule is CCCNC(=O)[C@H](Cc1ccccc1)N(Cc1ccc(Br)cc1)C(=O)CSc1ccc(Cl)cc1. The second-order valence-electron chi connectivity index (χ2n) is 7.89. The van der Waals surface area contributed by atoms with E-state index in [1.807, 2.05) is 85.8 Å². The molecule has 1 N–H and O–H groups in total. The molecule has 0 aliphatic carbocycles. The summed E-state index contributed by atoms with van der Waals surface area (Å²) in [6, 6.07) is 24.5. The minimum absolute atomic E-state index is 0.0875. The summed E-state index contributed by atoms with van der Waals surface area (Å²) in [5.41, 5.74) is 1.98. The molecule has 3 aromatic carbocycles. The Morgan fingerprint density at radius 1 is 0.971 bits per heavy atom. The number of hydrogen-bond acceptors (Lipinski definition) is 3. The lowest BCUT2D eigenvalue weighted by Gasteiger charge is -2.31. The van der Waals surface area contributed by atoms with Gasteiger partial charge in [0.05, 0.1) is 5.75 Å². The van der Waals surface area contributed by atoms with Crippen molar-refractivity contribution in [2.75, 3.05) is 12.3 Å². The first-order chi connectivity index (χ1) is 16.5. The maximum Gasteiger partial charge on any atom is 0.243 e. The first-order valence-corrected chi connectivity index (χ1v) is 13.4. The van der Waals surface area contributed by atoms with E-state index in [-0.39, 0.29) is 17.6 Å². The standard InChI is InChI=1S/C27H28BrClN2O2S/c1-2-16-30-27(33)25(17-20-6-4-3-5-7-20)31(18-21-8-10-22(28)11-9-21)26(32)19-34-24-14-12-23(29)13-15-24/h3-15,25H,2,16-19H2,1H3,(H,30,33)/t25-/m0/s1. The van der Waals surface area contributed by atoms with Crippen LogP contribution in [-0.4, -0.2) is 35.1 Å². The summed E-state index contributed by atoms with van der Waals surface area (Å²) in [7, 11) is 0. The lowest BCUT2D eigenvalue weighted by atomic mass is 10.0. The zero-order valence-electron chi connectivity index (χ0n) is 19.0. The van der Waals surface area contributed by atoms with Crippen molar-refractivity contribution < 1.29 is 9.59 Å². The van der Waals surface area contributed by atoms with Crippen molar-refractivity contribution in [2.24, 2.45) is 0 Å². The largest absolute Gasteiger partial charge is 0.354 e. The van der Waals surface area contributed by atoms with Crippen molar-refractivity contribution in [3.8, 4) is 0 Å². The second-order valence-corrected chi connectivity index (χ2v) is 10.3. The van der Waals surface area contributed by atoms with E-state index in [0.717, 1.165) is 26.9 Å². The van der Waals surface area contributed by atoms with Crippen LogP contribution in [0.3, 0.4) is 0 Å². The molecular formula is C27H28BrClN2O2S. The third-order valence-electron chi connectivity index (χ3n) is 5.26. The fourth-order valence-electron chi connectivity index (χ4n) is 3.47. The summed E-state index contributed by atoms with van der Waals surface area (Å²) in [5.74, 6) is 0.00735. The Kier molecular flexibility index (Phi) is 10.5. The maximum atomic E-state index is 13.6. The number of carbonyl (C=O) groups is 2. The van der Waals surface area contributed by atoms with Crippen molar-refractivity contribution >= 4 is 51.1 Å². The highest BCUT2D eigenvalue weighted by molar-refractivity contribution is 9.10. The molecule has 0 radical (unpaired) electrons. The zero-order chi connectivity index (χ0) is 24.3. The van der Waals surface area contributed by atoms with Crippen LogP contribution in [0.1, 0.15) is 24.5 Å². The van der Waals surface area contributed by atoms with Gasteiger partial charge in [0, 0.05) is 33.9 Å². The number of thioether (sulfide) groups is 1. The van der Waals surface area contributed by atoms with E-state index >= 15 is 0 Å². The zero-order valence-corrected chi connectivity index (χ0v) is 22.2. The van der Waals surface area contributed by atoms with Crippen molar-refractivity contribution in [2.45, 2.75) is 37.2 Å². The number of amides is 2. The molecule has 3 rings (SSSR count). The van der Waals surface area contributed by atoms with Crippen LogP contribution < -0.4 is 5.32 Å². The molecule has 0 aliphatic rings. The summed E-state index contributed by atoms with van der Waals surface area (Å²) >= 11 is 10.9. The molecule has 1 atom stereocenters. The van der Waals surface area contributed by atoms with Gasteiger partial charge in [0.15, 0.2) is 0 Å². The normalized spacial score (nSPS) is 11.6. The lowest BCUT2D eigenvalue weighted by Crippen LogP contribution is -2.51. The molecule has 34 heavy (non-hydrogen) atoms. The molecule has 0 spiro atoms. The van der Waals surface area contributed by atoms with Gasteiger partial charge in [0.1, 0.15) is 6.04 Å². The van der Waals surface area contributed by atoms with Gasteiger partial charge in [0.25, 0.3) is 0 Å². The number of halogens is 2. The van der Waals surface area contributed by atoms with Crippen LogP contribution in [-0.2, 0) is 22.6 Å². The molecule has 0 aromatic heterocycles. The Hall–Kier alpha value is -2.28. The van der Waals surface area contributed by atoms with Gasteiger partial charge in [-0.05, 0) is 53.9 Å². The third-order valence-corrected chi connectivity index (χ3v) is 7.04. The molecule has 4 nitrogen and oxygen atoms in total. The Morgan fingerprint density at radius 3 is 2.29 bits per heavy atom. The van der Waals surface area contributed by atoms with Gasteiger partial charge in [-0.3, -0.25) is 9.59 Å². The molecular weight excluding hydrogens is 532 g/mol. The Bertz CT molecular complexity index is 1060. The number of benzene rings is 3. The first-order valence-electron chi connectivity index (χ1n) is 11.2. The number of nitrogens with zero attached hydrogens (tertiary/aromatic N) is 1. The Balaban J connectivity index is 1.87. The molecule has 0 bridgehead atoms. The van der Waals surface area contributed by atoms with Crippen LogP contribution in [0.4, 0.5) is 0 Å². The molecule has 0 heterocycles. The maximum absolute atomic E-state index is 13.6. The van der Waals surface area contributed by atoms with E-state index in [1.54, 1.807) is 4.90 Å². The minimum Gasteiger partial charge on any atom is -0.354 e. The molecule has 0 aliphatic heterocycles. The number of carbonyl (C=O) groups excluding carboxylic acids is 2. The summed E-state index contributed by atoms with van der Waals surface area (Å²) in [6.07, 6.45) is 1.28. The molecule has 3 aromatic rings. The molecule has 0 saturated carbocycles. The minimum atomic E-state index is -0.615. The second kappa shape index (κ2) is 13.6. The Morgan fingerprint density at radius 2 is 1.65 bits per heavy atom. The highest BCUT2D eigenvalue weighted by atomic mass is 79.9. The van der Waals surface area contributed by atoms with Gasteiger partial charge in [-0.1, -0.05) is 76.9 Å². The van der Waals surface area contributed by atoms with Gasteiger partial charge in [0.2, 0.25) is 11.8 Å². The fourth-order valence-corrected chi connectivity index (χ4v) is 4.64. The first kappa shape index (κ1) is 26.3. The van der Waals surface area contributed by atoms with Crippen molar-refractivity contribution in [3.05, 3.63) is 99.5 Å². The van der Waals surface area contributed by atoms with Crippen LogP contribution in [0.15, 0.2) is 88.2 Å². The van der Waals surface area contributed by atoms with Crippen LogP contribution in [0, 0.1) is 0 Å². The number of nitrogens with one attached hydrogen (secondary N) is 1. The van der Waals surface area contributed by atoms with Crippen LogP contribution >= 0.6 is 39.3 Å². The van der Waals surface area contributed by atoms with Crippen LogP contribution in [0.2, 0.25) is 5.02 Å². The van der Waals surface area contributed by atoms with Crippen molar-refractivity contribution in [1.29, 1.82) is 0 Å². The summed E-state index contributed by atoms with van der Waals surface area (Å²) in [5, 5.41) is 3.66. The molecule has 2 amide bonds. The monoisotopic (exact) mass is 558 g/mol. The van der Waals surface area contributed by atoms with E-state index in [4.69, 9.17) is 11.6 Å². The quantitative estimate of drug-likeness (QED) is 0.278. The van der Waals surface area contributed by atoms with Crippen LogP contribution in [0.25, 0.3) is 0 Å². The highest BCUT2D eigenvalue weighted by Gasteiger charge is 2.30. The average molecular weight is 560 g/mol. The van der Waals surface area contributed by atoms with E-state index in [0.29, 0.717) is 24.5 Å². The van der Waals surface area contributed by atoms with E-state index in [1.165, 1.54) is 11.8 Å². The number of rotatable bonds is 11. The van der Waals surface area contributed by atoms with Crippen molar-refractivity contribution in [3.63, 3.8) is 0 Å². The predicted octanol–water partition coefficient (Wildman–Crippen LogP) is 6.36. The fraction of sp³-hybridized carbons (Fsp3) is 0.259. The molecule has 0 unspecified atom stereocenters. The molecule has 0 fully saturated rings. The molecule has 7 heteroatoms. The summed E-state index contributed by atoms with van der Waals surface area (Å²) in [4.78, 5) is 29.5. The molecule has 178 valence electrons. The van der Waals surface area contributed by atoms with E-state index in [2.05, 4.69) is 21.2 Å². The predicted molar refractivity (Wildman–Crippen MR) is 144 cm³/mol. The topological polar surface area (TPSA) is 49.4 Å². The van der Waals surface area contributed by atoms with Gasteiger partial charge in [-0.15, -0.1) is 11.8 Å². The summed E-state index contributed by atoms with van der Waals surface area (Å²) < 4.78 is 0.967. The smallest absolute Gasteiger partial charge is 0.243 e. The van der Waals surface area contributed by atoms with Gasteiger partial charge in [-0.25, -0.2) is 0 Å². The van der Waals surface area contributed by atoms with E-state index in [9.17, 15) is 9.59 Å². The average Bonchev–Trinajstić information content (AvgIpc) is 2.86. The summed E-state index contributed by atoms with van der Waals surface area (Å²) in [6.45, 7) is 2.94. The van der Waals surface area contributed by atoms with Crippen LogP contribution in [0.5, 0.6) is 0 Å². The highest BCUT2D eigenvalue weighted by Crippen LogP contribution is 2.23. The van der Waals surface area contributed by atoms with Crippen molar-refractivity contribution in [1.82, 2.24) is 10.2 Å². The third kappa shape index (κ3) is 8.19. The van der Waals surface area contributed by atoms with E-state index < -0.39 is 6.04 Å². The lowest BCUT2D eigenvalue weighted by molar-refractivity contribution is -0.139. The van der Waals surface area contributed by atoms with Gasteiger partial charge in [-0.2, -0.15) is 0 Å².